The Morgan fingerprint density at radius 1 is 1.24 bits per heavy atom. The number of carbonyl (C=O) groups is 1. The van der Waals surface area contributed by atoms with Crippen LogP contribution >= 0.6 is 15.9 Å². The van der Waals surface area contributed by atoms with E-state index in [-0.39, 0.29) is 23.9 Å². The number of likely N-dealkylation sites (tertiary alicyclic amines) is 1. The molecule has 1 aromatic carbocycles. The van der Waals surface area contributed by atoms with E-state index >= 15 is 0 Å². The third-order valence-corrected chi connectivity index (χ3v) is 4.02. The average molecular weight is 372 g/mol. The molecule has 1 atom stereocenters. The fourth-order valence-electron chi connectivity index (χ4n) is 2.29. The number of piperidine rings is 1. The molecule has 21 heavy (non-hydrogen) atoms. The van der Waals surface area contributed by atoms with E-state index < -0.39 is 41.7 Å². The number of rotatable bonds is 1. The van der Waals surface area contributed by atoms with Gasteiger partial charge in [-0.25, -0.2) is 8.78 Å². The van der Waals surface area contributed by atoms with Gasteiger partial charge in [0.15, 0.2) is 0 Å². The van der Waals surface area contributed by atoms with Crippen molar-refractivity contribution in [3.63, 3.8) is 0 Å². The smallest absolute Gasteiger partial charge is 0.338 e. The first-order chi connectivity index (χ1) is 9.70. The van der Waals surface area contributed by atoms with E-state index in [1.54, 1.807) is 0 Å². The Kier molecular flexibility index (Phi) is 4.55. The molecule has 2 rings (SSSR count). The molecule has 1 heterocycles. The zero-order valence-electron chi connectivity index (χ0n) is 10.7. The van der Waals surface area contributed by atoms with Crippen LogP contribution in [-0.2, 0) is 0 Å². The van der Waals surface area contributed by atoms with Crippen LogP contribution in [0.4, 0.5) is 22.0 Å². The van der Waals surface area contributed by atoms with Crippen LogP contribution in [0.15, 0.2) is 16.6 Å². The van der Waals surface area contributed by atoms with Gasteiger partial charge < -0.3 is 4.90 Å². The second-order valence-corrected chi connectivity index (χ2v) is 5.73. The van der Waals surface area contributed by atoms with Gasteiger partial charge in [0.1, 0.15) is 11.6 Å². The molecule has 1 unspecified atom stereocenters. The van der Waals surface area contributed by atoms with E-state index in [0.29, 0.717) is 6.07 Å². The van der Waals surface area contributed by atoms with Gasteiger partial charge in [0.2, 0.25) is 0 Å². The van der Waals surface area contributed by atoms with Crippen LogP contribution in [0.1, 0.15) is 23.2 Å². The van der Waals surface area contributed by atoms with Gasteiger partial charge in [-0.2, -0.15) is 13.2 Å². The van der Waals surface area contributed by atoms with Crippen molar-refractivity contribution in [2.75, 3.05) is 13.1 Å². The van der Waals surface area contributed by atoms with E-state index in [9.17, 15) is 26.7 Å². The molecule has 1 amide bonds. The summed E-state index contributed by atoms with van der Waals surface area (Å²) in [5, 5.41) is 0. The van der Waals surface area contributed by atoms with Gasteiger partial charge in [-0.05, 0) is 40.9 Å². The molecule has 0 spiro atoms. The zero-order chi connectivity index (χ0) is 15.8. The van der Waals surface area contributed by atoms with Crippen molar-refractivity contribution in [3.05, 3.63) is 33.8 Å². The van der Waals surface area contributed by atoms with Gasteiger partial charge in [0.05, 0.1) is 16.0 Å². The molecule has 1 aliphatic heterocycles. The van der Waals surface area contributed by atoms with Gasteiger partial charge in [-0.1, -0.05) is 0 Å². The highest BCUT2D eigenvalue weighted by Crippen LogP contribution is 2.33. The fraction of sp³-hybridized carbons (Fsp3) is 0.462. The number of halogens is 6. The molecule has 116 valence electrons. The molecule has 0 bridgehead atoms. The first-order valence-corrected chi connectivity index (χ1v) is 7.00. The van der Waals surface area contributed by atoms with Crippen molar-refractivity contribution in [2.24, 2.45) is 5.92 Å². The van der Waals surface area contributed by atoms with Crippen LogP contribution in [0.3, 0.4) is 0 Å². The lowest BCUT2D eigenvalue weighted by Gasteiger charge is -2.33. The summed E-state index contributed by atoms with van der Waals surface area (Å²) in [5.74, 6) is -4.36. The lowest BCUT2D eigenvalue weighted by atomic mass is 9.97. The summed E-state index contributed by atoms with van der Waals surface area (Å²) in [7, 11) is 0. The van der Waals surface area contributed by atoms with Crippen LogP contribution in [0.25, 0.3) is 0 Å². The predicted octanol–water partition coefficient (Wildman–Crippen LogP) is 4.14. The Morgan fingerprint density at radius 2 is 1.90 bits per heavy atom. The van der Waals surface area contributed by atoms with Gasteiger partial charge in [-0.15, -0.1) is 0 Å². The standard InChI is InChI=1S/C13H11BrF5NO/c14-9-5-10(15)8(4-11(9)16)12(21)20-3-1-2-7(6-20)13(17,18)19/h4-5,7H,1-3,6H2. The molecular formula is C13H11BrF5NO. The molecule has 2 nitrogen and oxygen atoms in total. The topological polar surface area (TPSA) is 20.3 Å². The van der Waals surface area contributed by atoms with Gasteiger partial charge in [0, 0.05) is 13.1 Å². The Balaban J connectivity index is 2.22. The number of amides is 1. The number of nitrogens with zero attached hydrogens (tertiary/aromatic N) is 1. The van der Waals surface area contributed by atoms with E-state index in [1.807, 2.05) is 0 Å². The zero-order valence-corrected chi connectivity index (χ0v) is 12.3. The van der Waals surface area contributed by atoms with E-state index in [4.69, 9.17) is 0 Å². The maximum Gasteiger partial charge on any atom is 0.393 e. The van der Waals surface area contributed by atoms with Crippen LogP contribution in [0.2, 0.25) is 0 Å². The lowest BCUT2D eigenvalue weighted by molar-refractivity contribution is -0.184. The predicted molar refractivity (Wildman–Crippen MR) is 68.7 cm³/mol. The second kappa shape index (κ2) is 5.90. The van der Waals surface area contributed by atoms with Gasteiger partial charge in [0.25, 0.3) is 5.91 Å². The third kappa shape index (κ3) is 3.53. The summed E-state index contributed by atoms with van der Waals surface area (Å²) in [6.07, 6.45) is -4.29. The van der Waals surface area contributed by atoms with Crippen LogP contribution in [-0.4, -0.2) is 30.1 Å². The van der Waals surface area contributed by atoms with Crippen molar-refractivity contribution in [3.8, 4) is 0 Å². The van der Waals surface area contributed by atoms with Crippen molar-refractivity contribution >= 4 is 21.8 Å². The molecule has 1 aliphatic rings. The number of alkyl halides is 3. The normalized spacial score (nSPS) is 19.7. The summed E-state index contributed by atoms with van der Waals surface area (Å²) < 4.78 is 65.0. The Hall–Kier alpha value is -1.18. The number of benzene rings is 1. The quantitative estimate of drug-likeness (QED) is 0.536. The van der Waals surface area contributed by atoms with Crippen molar-refractivity contribution in [2.45, 2.75) is 19.0 Å². The highest BCUT2D eigenvalue weighted by Gasteiger charge is 2.43. The second-order valence-electron chi connectivity index (χ2n) is 4.88. The molecule has 0 saturated carbocycles. The van der Waals surface area contributed by atoms with Crippen molar-refractivity contribution in [1.29, 1.82) is 0 Å². The Bertz CT molecular complexity index is 560. The highest BCUT2D eigenvalue weighted by atomic mass is 79.9. The molecule has 1 fully saturated rings. The molecule has 0 aromatic heterocycles. The van der Waals surface area contributed by atoms with Gasteiger partial charge in [-0.3, -0.25) is 4.79 Å². The lowest BCUT2D eigenvalue weighted by Crippen LogP contribution is -2.44. The summed E-state index contributed by atoms with van der Waals surface area (Å²) in [4.78, 5) is 13.0. The Morgan fingerprint density at radius 3 is 2.52 bits per heavy atom. The molecule has 1 aromatic rings. The van der Waals surface area contributed by atoms with E-state index in [1.165, 1.54) is 0 Å². The summed E-state index contributed by atoms with van der Waals surface area (Å²) in [6, 6.07) is 1.48. The van der Waals surface area contributed by atoms with Crippen molar-refractivity contribution < 1.29 is 26.7 Å². The molecule has 1 saturated heterocycles. The minimum atomic E-state index is -4.40. The molecule has 0 aliphatic carbocycles. The molecule has 8 heteroatoms. The molecular weight excluding hydrogens is 361 g/mol. The summed E-state index contributed by atoms with van der Waals surface area (Å²) in [5.41, 5.74) is -0.557. The van der Waals surface area contributed by atoms with Gasteiger partial charge >= 0.3 is 6.18 Å². The van der Waals surface area contributed by atoms with Crippen LogP contribution in [0.5, 0.6) is 0 Å². The molecule has 0 N–H and O–H groups in total. The molecule has 0 radical (unpaired) electrons. The summed E-state index contributed by atoms with van der Waals surface area (Å²) in [6.45, 7) is -0.429. The first-order valence-electron chi connectivity index (χ1n) is 6.20. The monoisotopic (exact) mass is 371 g/mol. The number of hydrogen-bond donors (Lipinski definition) is 0. The van der Waals surface area contributed by atoms with E-state index in [2.05, 4.69) is 15.9 Å². The highest BCUT2D eigenvalue weighted by molar-refractivity contribution is 9.10. The SMILES string of the molecule is O=C(c1cc(F)c(Br)cc1F)N1CCCC(C(F)(F)F)C1. The third-order valence-electron chi connectivity index (χ3n) is 3.41. The maximum atomic E-state index is 13.7. The maximum absolute atomic E-state index is 13.7. The van der Waals surface area contributed by atoms with Crippen LogP contribution in [0, 0.1) is 17.6 Å². The Labute approximate surface area is 126 Å². The minimum Gasteiger partial charge on any atom is -0.338 e. The first kappa shape index (κ1) is 16.2. The largest absolute Gasteiger partial charge is 0.393 e. The van der Waals surface area contributed by atoms with Crippen LogP contribution < -0.4 is 0 Å². The number of hydrogen-bond acceptors (Lipinski definition) is 1. The fourth-order valence-corrected chi connectivity index (χ4v) is 2.60. The minimum absolute atomic E-state index is 0.0650. The summed E-state index contributed by atoms with van der Waals surface area (Å²) >= 11 is 2.77. The van der Waals surface area contributed by atoms with E-state index in [0.717, 1.165) is 11.0 Å². The van der Waals surface area contributed by atoms with Crippen molar-refractivity contribution in [1.82, 2.24) is 4.90 Å². The number of carbonyl (C=O) groups excluding carboxylic acids is 1. The average Bonchev–Trinajstić information content (AvgIpc) is 2.41.